The second-order valence-corrected chi connectivity index (χ2v) is 9.60. The van der Waals surface area contributed by atoms with Crippen molar-refractivity contribution in [3.05, 3.63) is 33.7 Å². The minimum absolute atomic E-state index is 0.216. The van der Waals surface area contributed by atoms with E-state index in [2.05, 4.69) is 32.2 Å². The zero-order chi connectivity index (χ0) is 22.1. The number of nitriles is 1. The van der Waals surface area contributed by atoms with Crippen LogP contribution in [0, 0.1) is 22.7 Å². The molecule has 0 spiro atoms. The smallest absolute Gasteiger partial charge is 0.256 e. The van der Waals surface area contributed by atoms with Crippen LogP contribution in [0.3, 0.4) is 0 Å². The number of amides is 1. The van der Waals surface area contributed by atoms with Crippen LogP contribution >= 0.6 is 11.3 Å². The molecule has 0 bridgehead atoms. The molecule has 0 saturated heterocycles. The average Bonchev–Trinajstić information content (AvgIpc) is 3.07. The third-order valence-corrected chi connectivity index (χ3v) is 6.93. The molecule has 7 heteroatoms. The molecule has 2 aromatic rings. The fourth-order valence-corrected chi connectivity index (χ4v) is 5.19. The molecule has 1 unspecified atom stereocenters. The Hall–Kier alpha value is -2.72. The lowest BCUT2D eigenvalue weighted by Gasteiger charge is -2.33. The van der Waals surface area contributed by atoms with Crippen LogP contribution in [-0.2, 0) is 12.8 Å². The van der Waals surface area contributed by atoms with Crippen LogP contribution in [0.1, 0.15) is 53.6 Å². The summed E-state index contributed by atoms with van der Waals surface area (Å²) in [5, 5.41) is 13.3. The minimum Gasteiger partial charge on any atom is -0.493 e. The van der Waals surface area contributed by atoms with E-state index in [1.807, 2.05) is 0 Å². The van der Waals surface area contributed by atoms with Gasteiger partial charge in [-0.15, -0.1) is 11.3 Å². The van der Waals surface area contributed by atoms with Crippen LogP contribution in [-0.4, -0.2) is 27.2 Å². The lowest BCUT2D eigenvalue weighted by molar-refractivity contribution is 0.102. The van der Waals surface area contributed by atoms with Crippen LogP contribution in [0.15, 0.2) is 12.1 Å². The number of ether oxygens (including phenoxy) is 3. The highest BCUT2D eigenvalue weighted by atomic mass is 32.1. The highest BCUT2D eigenvalue weighted by Gasteiger charge is 2.32. The van der Waals surface area contributed by atoms with Crippen LogP contribution in [0.2, 0.25) is 0 Å². The monoisotopic (exact) mass is 428 g/mol. The van der Waals surface area contributed by atoms with E-state index < -0.39 is 0 Å². The molecule has 1 aromatic heterocycles. The Morgan fingerprint density at radius 2 is 1.80 bits per heavy atom. The zero-order valence-electron chi connectivity index (χ0n) is 18.3. The van der Waals surface area contributed by atoms with Crippen LogP contribution in [0.5, 0.6) is 17.2 Å². The number of fused-ring (bicyclic) bond motifs is 1. The van der Waals surface area contributed by atoms with Crippen molar-refractivity contribution < 1.29 is 19.0 Å². The summed E-state index contributed by atoms with van der Waals surface area (Å²) in [5.74, 6) is 1.47. The molecule has 160 valence electrons. The Labute approximate surface area is 181 Å². The van der Waals surface area contributed by atoms with Gasteiger partial charge in [-0.25, -0.2) is 0 Å². The minimum atomic E-state index is -0.322. The molecule has 1 aromatic carbocycles. The summed E-state index contributed by atoms with van der Waals surface area (Å²) in [6.45, 7) is 6.78. The molecule has 30 heavy (non-hydrogen) atoms. The first-order chi connectivity index (χ1) is 14.2. The van der Waals surface area contributed by atoms with Crippen molar-refractivity contribution in [2.24, 2.45) is 11.3 Å². The molecule has 1 heterocycles. The Balaban J connectivity index is 1.92. The molecule has 1 aliphatic rings. The van der Waals surface area contributed by atoms with Crippen molar-refractivity contribution >= 4 is 22.2 Å². The second kappa shape index (κ2) is 8.57. The van der Waals surface area contributed by atoms with Crippen LogP contribution in [0.25, 0.3) is 0 Å². The number of hydrogen-bond donors (Lipinski definition) is 1. The Kier molecular flexibility index (Phi) is 6.27. The van der Waals surface area contributed by atoms with E-state index in [0.717, 1.165) is 24.8 Å². The van der Waals surface area contributed by atoms with E-state index in [1.165, 1.54) is 37.5 Å². The molecular weight excluding hydrogens is 400 g/mol. The maximum atomic E-state index is 13.0. The summed E-state index contributed by atoms with van der Waals surface area (Å²) in [4.78, 5) is 14.2. The number of nitrogens with one attached hydrogen (secondary N) is 1. The van der Waals surface area contributed by atoms with Crippen molar-refractivity contribution in [3.63, 3.8) is 0 Å². The number of carbonyl (C=O) groups is 1. The number of benzene rings is 1. The number of methoxy groups -OCH3 is 3. The van der Waals surface area contributed by atoms with Crippen molar-refractivity contribution in [2.75, 3.05) is 26.6 Å². The molecule has 1 N–H and O–H groups in total. The number of nitrogens with zero attached hydrogens (tertiary/aromatic N) is 1. The average molecular weight is 429 g/mol. The molecule has 1 atom stereocenters. The van der Waals surface area contributed by atoms with E-state index in [1.54, 1.807) is 12.1 Å². The van der Waals surface area contributed by atoms with Gasteiger partial charge in [-0.1, -0.05) is 20.8 Å². The van der Waals surface area contributed by atoms with Gasteiger partial charge >= 0.3 is 0 Å². The Morgan fingerprint density at radius 1 is 1.17 bits per heavy atom. The largest absolute Gasteiger partial charge is 0.493 e. The van der Waals surface area contributed by atoms with Gasteiger partial charge in [0.2, 0.25) is 5.75 Å². The van der Waals surface area contributed by atoms with Crippen molar-refractivity contribution in [2.45, 2.75) is 40.0 Å². The summed E-state index contributed by atoms with van der Waals surface area (Å²) in [7, 11) is 4.53. The predicted octanol–water partition coefficient (Wildman–Crippen LogP) is 5.05. The maximum Gasteiger partial charge on any atom is 0.256 e. The molecule has 6 nitrogen and oxygen atoms in total. The standard InChI is InChI=1S/C23H28N2O4S/c1-23(2,3)14-7-8-15-16(12-24)22(30-19(15)11-14)25-21(26)13-9-17(27-4)20(29-6)18(10-13)28-5/h9-10,14H,7-8,11H2,1-6H3,(H,25,26). The van der Waals surface area contributed by atoms with Gasteiger partial charge in [0, 0.05) is 10.4 Å². The number of carbonyl (C=O) groups excluding carboxylic acids is 1. The normalized spacial score (nSPS) is 15.7. The highest BCUT2D eigenvalue weighted by Crippen LogP contribution is 2.44. The van der Waals surface area contributed by atoms with E-state index in [4.69, 9.17) is 14.2 Å². The van der Waals surface area contributed by atoms with Gasteiger partial charge in [0.05, 0.1) is 26.9 Å². The summed E-state index contributed by atoms with van der Waals surface area (Å²) >= 11 is 1.52. The third kappa shape index (κ3) is 4.10. The highest BCUT2D eigenvalue weighted by molar-refractivity contribution is 7.16. The molecular formula is C23H28N2O4S. The molecule has 0 saturated carbocycles. The lowest BCUT2D eigenvalue weighted by atomic mass is 9.72. The summed E-state index contributed by atoms with van der Waals surface area (Å²) in [5.41, 5.74) is 2.26. The molecule has 0 aliphatic heterocycles. The van der Waals surface area contributed by atoms with E-state index in [9.17, 15) is 10.1 Å². The third-order valence-electron chi connectivity index (χ3n) is 5.76. The fraction of sp³-hybridized carbons (Fsp3) is 0.478. The Morgan fingerprint density at radius 3 is 2.30 bits per heavy atom. The summed E-state index contributed by atoms with van der Waals surface area (Å²) < 4.78 is 16.0. The van der Waals surface area contributed by atoms with E-state index >= 15 is 0 Å². The van der Waals surface area contributed by atoms with Gasteiger partial charge in [-0.2, -0.15) is 5.26 Å². The predicted molar refractivity (Wildman–Crippen MR) is 118 cm³/mol. The fourth-order valence-electron chi connectivity index (χ4n) is 3.92. The number of anilines is 1. The molecule has 0 fully saturated rings. The quantitative estimate of drug-likeness (QED) is 0.721. The first-order valence-electron chi connectivity index (χ1n) is 9.89. The molecule has 0 radical (unpaired) electrons. The summed E-state index contributed by atoms with van der Waals surface area (Å²) in [6.07, 6.45) is 2.87. The zero-order valence-corrected chi connectivity index (χ0v) is 19.2. The molecule has 3 rings (SSSR count). The van der Waals surface area contributed by atoms with Crippen molar-refractivity contribution in [1.82, 2.24) is 0 Å². The number of rotatable bonds is 5. The number of hydrogen-bond acceptors (Lipinski definition) is 6. The van der Waals surface area contributed by atoms with Gasteiger partial charge in [0.1, 0.15) is 11.1 Å². The first-order valence-corrected chi connectivity index (χ1v) is 10.7. The molecule has 1 amide bonds. The topological polar surface area (TPSA) is 80.6 Å². The van der Waals surface area contributed by atoms with Crippen LogP contribution in [0.4, 0.5) is 5.00 Å². The Bertz CT molecular complexity index is 973. The van der Waals surface area contributed by atoms with E-state index in [0.29, 0.717) is 39.3 Å². The maximum absolute atomic E-state index is 13.0. The van der Waals surface area contributed by atoms with Gasteiger partial charge in [0.15, 0.2) is 11.5 Å². The summed E-state index contributed by atoms with van der Waals surface area (Å²) in [6, 6.07) is 5.51. The van der Waals surface area contributed by atoms with E-state index in [-0.39, 0.29) is 11.3 Å². The second-order valence-electron chi connectivity index (χ2n) is 8.49. The lowest BCUT2D eigenvalue weighted by Crippen LogP contribution is -2.26. The molecule has 1 aliphatic carbocycles. The van der Waals surface area contributed by atoms with Gasteiger partial charge in [0.25, 0.3) is 5.91 Å². The SMILES string of the molecule is COc1cc(C(=O)Nc2sc3c(c2C#N)CCC(C(C)(C)C)C3)cc(OC)c1OC. The first kappa shape index (κ1) is 22.0. The number of thiophene rings is 1. The van der Waals surface area contributed by atoms with Gasteiger partial charge in [-0.3, -0.25) is 4.79 Å². The van der Waals surface area contributed by atoms with Crippen molar-refractivity contribution in [1.29, 1.82) is 5.26 Å². The van der Waals surface area contributed by atoms with Crippen LogP contribution < -0.4 is 19.5 Å². The van der Waals surface area contributed by atoms with Gasteiger partial charge < -0.3 is 19.5 Å². The van der Waals surface area contributed by atoms with Gasteiger partial charge in [-0.05, 0) is 48.3 Å². The van der Waals surface area contributed by atoms with Crippen molar-refractivity contribution in [3.8, 4) is 23.3 Å².